The predicted octanol–water partition coefficient (Wildman–Crippen LogP) is 2.32. The van der Waals surface area contributed by atoms with E-state index < -0.39 is 0 Å². The molecule has 0 aliphatic carbocycles. The summed E-state index contributed by atoms with van der Waals surface area (Å²) < 4.78 is 5.74. The summed E-state index contributed by atoms with van der Waals surface area (Å²) >= 11 is 0. The molecule has 1 aromatic carbocycles. The van der Waals surface area contributed by atoms with Crippen LogP contribution < -0.4 is 10.6 Å². The number of nitrogens with zero attached hydrogens (tertiary/aromatic N) is 1. The van der Waals surface area contributed by atoms with Crippen LogP contribution in [0.3, 0.4) is 0 Å². The Morgan fingerprint density at radius 1 is 1.18 bits per heavy atom. The molecule has 2 N–H and O–H groups in total. The van der Waals surface area contributed by atoms with Gasteiger partial charge in [0.15, 0.2) is 0 Å². The van der Waals surface area contributed by atoms with Crippen LogP contribution in [-0.2, 0) is 4.74 Å². The summed E-state index contributed by atoms with van der Waals surface area (Å²) in [5.41, 5.74) is 8.30. The lowest BCUT2D eigenvalue weighted by molar-refractivity contribution is -0.00521. The highest BCUT2D eigenvalue weighted by atomic mass is 16.5. The molecule has 2 rings (SSSR count). The van der Waals surface area contributed by atoms with Gasteiger partial charge in [-0.15, -0.1) is 0 Å². The first-order valence-corrected chi connectivity index (χ1v) is 6.32. The lowest BCUT2D eigenvalue weighted by Crippen LogP contribution is -2.45. The number of morpholine rings is 1. The molecule has 1 heterocycles. The van der Waals surface area contributed by atoms with Gasteiger partial charge in [0, 0.05) is 24.8 Å². The van der Waals surface area contributed by atoms with Gasteiger partial charge in [0.2, 0.25) is 0 Å². The van der Waals surface area contributed by atoms with Gasteiger partial charge in [0.25, 0.3) is 0 Å². The van der Waals surface area contributed by atoms with Gasteiger partial charge in [0.05, 0.1) is 12.2 Å². The van der Waals surface area contributed by atoms with Gasteiger partial charge in [-0.05, 0) is 38.5 Å². The van der Waals surface area contributed by atoms with Crippen LogP contribution in [0.5, 0.6) is 0 Å². The molecule has 3 heteroatoms. The van der Waals surface area contributed by atoms with E-state index in [1.165, 1.54) is 11.3 Å². The van der Waals surface area contributed by atoms with Crippen molar-refractivity contribution in [2.24, 2.45) is 5.73 Å². The van der Waals surface area contributed by atoms with E-state index in [2.05, 4.69) is 43.0 Å². The molecular formula is C14H22N2O. The number of benzene rings is 1. The first kappa shape index (κ1) is 12.4. The molecule has 94 valence electrons. The first-order chi connectivity index (χ1) is 8.06. The Hall–Kier alpha value is -1.06. The number of ether oxygens (including phenoxy) is 1. The summed E-state index contributed by atoms with van der Waals surface area (Å²) in [6, 6.07) is 8.65. The van der Waals surface area contributed by atoms with Crippen LogP contribution in [0.1, 0.15) is 32.4 Å². The van der Waals surface area contributed by atoms with Crippen molar-refractivity contribution in [3.05, 3.63) is 29.8 Å². The van der Waals surface area contributed by atoms with E-state index >= 15 is 0 Å². The highest BCUT2D eigenvalue weighted by Gasteiger charge is 2.22. The molecule has 0 spiro atoms. The Balaban J connectivity index is 2.11. The predicted molar refractivity (Wildman–Crippen MR) is 71.3 cm³/mol. The first-order valence-electron chi connectivity index (χ1n) is 6.32. The van der Waals surface area contributed by atoms with Crippen LogP contribution in [0, 0.1) is 0 Å². The minimum atomic E-state index is 0.103. The van der Waals surface area contributed by atoms with Crippen molar-refractivity contribution in [2.75, 3.05) is 18.0 Å². The second-order valence-electron chi connectivity index (χ2n) is 5.04. The number of rotatable bonds is 2. The molecule has 1 saturated heterocycles. The van der Waals surface area contributed by atoms with Crippen LogP contribution in [0.4, 0.5) is 5.69 Å². The molecule has 3 atom stereocenters. The molecule has 3 nitrogen and oxygen atoms in total. The quantitative estimate of drug-likeness (QED) is 0.853. The van der Waals surface area contributed by atoms with Gasteiger partial charge >= 0.3 is 0 Å². The lowest BCUT2D eigenvalue weighted by atomic mass is 10.1. The number of hydrogen-bond acceptors (Lipinski definition) is 3. The van der Waals surface area contributed by atoms with E-state index in [4.69, 9.17) is 10.5 Å². The minimum Gasteiger partial charge on any atom is -0.372 e. The highest BCUT2D eigenvalue weighted by molar-refractivity contribution is 5.48. The zero-order valence-corrected chi connectivity index (χ0v) is 10.9. The van der Waals surface area contributed by atoms with E-state index in [1.54, 1.807) is 0 Å². The molecule has 1 aliphatic rings. The monoisotopic (exact) mass is 234 g/mol. The van der Waals surface area contributed by atoms with Crippen molar-refractivity contribution in [1.29, 1.82) is 0 Å². The van der Waals surface area contributed by atoms with E-state index in [-0.39, 0.29) is 6.04 Å². The number of anilines is 1. The second kappa shape index (κ2) is 5.07. The Morgan fingerprint density at radius 3 is 2.18 bits per heavy atom. The fourth-order valence-electron chi connectivity index (χ4n) is 2.38. The smallest absolute Gasteiger partial charge is 0.0726 e. The molecular weight excluding hydrogens is 212 g/mol. The van der Waals surface area contributed by atoms with Crippen molar-refractivity contribution in [3.63, 3.8) is 0 Å². The molecule has 17 heavy (non-hydrogen) atoms. The van der Waals surface area contributed by atoms with Crippen molar-refractivity contribution in [3.8, 4) is 0 Å². The normalized spacial score (nSPS) is 26.9. The molecule has 0 saturated carbocycles. The van der Waals surface area contributed by atoms with Crippen molar-refractivity contribution in [2.45, 2.75) is 39.0 Å². The van der Waals surface area contributed by atoms with E-state index in [9.17, 15) is 0 Å². The largest absolute Gasteiger partial charge is 0.372 e. The lowest BCUT2D eigenvalue weighted by Gasteiger charge is -2.37. The summed E-state index contributed by atoms with van der Waals surface area (Å²) in [5.74, 6) is 0. The number of hydrogen-bond donors (Lipinski definition) is 1. The van der Waals surface area contributed by atoms with Gasteiger partial charge in [-0.3, -0.25) is 0 Å². The Kier molecular flexibility index (Phi) is 3.69. The van der Waals surface area contributed by atoms with Crippen LogP contribution >= 0.6 is 0 Å². The zero-order valence-electron chi connectivity index (χ0n) is 10.9. The van der Waals surface area contributed by atoms with E-state index in [0.717, 1.165) is 13.1 Å². The second-order valence-corrected chi connectivity index (χ2v) is 5.04. The Labute approximate surface area is 104 Å². The Morgan fingerprint density at radius 2 is 1.71 bits per heavy atom. The van der Waals surface area contributed by atoms with Crippen molar-refractivity contribution in [1.82, 2.24) is 0 Å². The maximum atomic E-state index is 5.85. The summed E-state index contributed by atoms with van der Waals surface area (Å²) in [6.07, 6.45) is 0.596. The molecule has 1 fully saturated rings. The van der Waals surface area contributed by atoms with Gasteiger partial charge < -0.3 is 15.4 Å². The summed E-state index contributed by atoms with van der Waals surface area (Å²) in [4.78, 5) is 2.38. The molecule has 1 aromatic rings. The Bertz CT molecular complexity index is 351. The summed E-state index contributed by atoms with van der Waals surface area (Å²) in [7, 11) is 0. The molecule has 1 aliphatic heterocycles. The molecule has 3 unspecified atom stereocenters. The third-order valence-electron chi connectivity index (χ3n) is 3.20. The SMILES string of the molecule is CC1CN(c2ccc(C(C)N)cc2)CC(C)O1. The van der Waals surface area contributed by atoms with Crippen LogP contribution in [0.2, 0.25) is 0 Å². The number of nitrogens with two attached hydrogens (primary N) is 1. The molecule has 0 bridgehead atoms. The summed E-state index contributed by atoms with van der Waals surface area (Å²) in [6.45, 7) is 8.18. The average Bonchev–Trinajstić information content (AvgIpc) is 2.28. The average molecular weight is 234 g/mol. The fourth-order valence-corrected chi connectivity index (χ4v) is 2.38. The van der Waals surface area contributed by atoms with Crippen LogP contribution in [0.15, 0.2) is 24.3 Å². The third-order valence-corrected chi connectivity index (χ3v) is 3.20. The summed E-state index contributed by atoms with van der Waals surface area (Å²) in [5, 5.41) is 0. The van der Waals surface area contributed by atoms with Crippen molar-refractivity contribution >= 4 is 5.69 Å². The topological polar surface area (TPSA) is 38.5 Å². The van der Waals surface area contributed by atoms with E-state index in [0.29, 0.717) is 12.2 Å². The maximum Gasteiger partial charge on any atom is 0.0726 e. The zero-order chi connectivity index (χ0) is 12.4. The van der Waals surface area contributed by atoms with Gasteiger partial charge in [-0.1, -0.05) is 12.1 Å². The van der Waals surface area contributed by atoms with Crippen LogP contribution in [-0.4, -0.2) is 25.3 Å². The highest BCUT2D eigenvalue weighted by Crippen LogP contribution is 2.22. The molecule has 0 amide bonds. The maximum absolute atomic E-state index is 5.85. The fraction of sp³-hybridized carbons (Fsp3) is 0.571. The van der Waals surface area contributed by atoms with Gasteiger partial charge in [-0.2, -0.15) is 0 Å². The standard InChI is InChI=1S/C14H22N2O/c1-10-8-16(9-11(2)17-10)14-6-4-13(5-7-14)12(3)15/h4-7,10-12H,8-9,15H2,1-3H3. The molecule has 0 aromatic heterocycles. The van der Waals surface area contributed by atoms with Gasteiger partial charge in [-0.25, -0.2) is 0 Å². The van der Waals surface area contributed by atoms with Crippen LogP contribution in [0.25, 0.3) is 0 Å². The van der Waals surface area contributed by atoms with E-state index in [1.807, 2.05) is 6.92 Å². The molecule has 0 radical (unpaired) electrons. The third kappa shape index (κ3) is 2.99. The van der Waals surface area contributed by atoms with Crippen molar-refractivity contribution < 1.29 is 4.74 Å². The van der Waals surface area contributed by atoms with Gasteiger partial charge in [0.1, 0.15) is 0 Å². The minimum absolute atomic E-state index is 0.103.